The van der Waals surface area contributed by atoms with Crippen molar-refractivity contribution in [2.24, 2.45) is 0 Å². The number of rotatable bonds is 5. The van der Waals surface area contributed by atoms with Crippen LogP contribution in [0.3, 0.4) is 0 Å². The Bertz CT molecular complexity index is 2460. The van der Waals surface area contributed by atoms with Crippen LogP contribution in [0.2, 0.25) is 0 Å². The Kier molecular flexibility index (Phi) is 6.51. The maximum atomic E-state index is 9.62. The summed E-state index contributed by atoms with van der Waals surface area (Å²) in [4.78, 5) is 5.31. The number of fused-ring (bicyclic) bond motifs is 6. The van der Waals surface area contributed by atoms with E-state index in [1.54, 1.807) is 0 Å². The number of hydrogen-bond acceptors (Lipinski definition) is 3. The fraction of sp³-hybridized carbons (Fsp3) is 0.143. The Balaban J connectivity index is 1.47. The smallest absolute Gasteiger partial charge is 0.149 e. The van der Waals surface area contributed by atoms with Crippen molar-refractivity contribution in [2.45, 2.75) is 39.5 Å². The molecule has 0 saturated heterocycles. The van der Waals surface area contributed by atoms with Gasteiger partial charge in [0.25, 0.3) is 0 Å². The Morgan fingerprint density at radius 3 is 2.09 bits per heavy atom. The third kappa shape index (κ3) is 4.31. The number of furan rings is 1. The molecule has 0 unspecified atom stereocenters. The van der Waals surface area contributed by atoms with Crippen LogP contribution >= 0.6 is 0 Å². The summed E-state index contributed by atoms with van der Waals surface area (Å²) in [6.07, 6.45) is 0. The zero-order valence-electron chi connectivity index (χ0n) is 26.4. The molecule has 0 radical (unpaired) electrons. The molecule has 0 fully saturated rings. The van der Waals surface area contributed by atoms with E-state index >= 15 is 0 Å². The predicted octanol–water partition coefficient (Wildman–Crippen LogP) is 11.5. The van der Waals surface area contributed by atoms with Gasteiger partial charge in [0.1, 0.15) is 17.0 Å². The minimum Gasteiger partial charge on any atom is -0.455 e. The molecule has 0 aliphatic heterocycles. The lowest BCUT2D eigenvalue weighted by Crippen LogP contribution is -2.09. The fourth-order valence-corrected chi connectivity index (χ4v) is 6.87. The maximum Gasteiger partial charge on any atom is 0.149 e. The summed E-state index contributed by atoms with van der Waals surface area (Å²) in [7, 11) is 0. The molecule has 8 rings (SSSR count). The summed E-state index contributed by atoms with van der Waals surface area (Å²) in [5.41, 5.74) is 11.3. The summed E-state index contributed by atoms with van der Waals surface area (Å²) in [5.74, 6) is 1.39. The van der Waals surface area contributed by atoms with Crippen molar-refractivity contribution in [3.8, 4) is 34.3 Å². The molecule has 0 bridgehead atoms. The average Bonchev–Trinajstić information content (AvgIpc) is 3.66. The van der Waals surface area contributed by atoms with E-state index in [2.05, 4.69) is 135 Å². The molecule has 6 aromatic carbocycles. The molecule has 0 aliphatic carbocycles. The van der Waals surface area contributed by atoms with Gasteiger partial charge in [-0.05, 0) is 88.0 Å². The fourth-order valence-electron chi connectivity index (χ4n) is 6.87. The second-order valence-electron chi connectivity index (χ2n) is 12.7. The third-order valence-electron chi connectivity index (χ3n) is 9.16. The molecule has 0 saturated carbocycles. The van der Waals surface area contributed by atoms with E-state index in [0.29, 0.717) is 5.56 Å². The van der Waals surface area contributed by atoms with Gasteiger partial charge in [-0.15, -0.1) is 0 Å². The van der Waals surface area contributed by atoms with Crippen molar-refractivity contribution in [1.29, 1.82) is 5.26 Å². The average molecular weight is 596 g/mol. The number of aromatic nitrogens is 2. The number of benzene rings is 6. The highest BCUT2D eigenvalue weighted by Gasteiger charge is 2.25. The SMILES string of the molecule is CC(C)c1cc(-c2ccccc2)cc(C(C)C)c1-n1c(-c2cccc3c2oc2c4cc(C#N)ccc4ccc32)nc2ccccc21. The summed E-state index contributed by atoms with van der Waals surface area (Å²) < 4.78 is 9.17. The minimum absolute atomic E-state index is 0.271. The monoisotopic (exact) mass is 595 g/mol. The van der Waals surface area contributed by atoms with Crippen LogP contribution < -0.4 is 0 Å². The molecule has 222 valence electrons. The second kappa shape index (κ2) is 10.8. The van der Waals surface area contributed by atoms with Crippen molar-refractivity contribution < 1.29 is 4.42 Å². The topological polar surface area (TPSA) is 54.8 Å². The lowest BCUT2D eigenvalue weighted by atomic mass is 9.88. The first-order chi connectivity index (χ1) is 22.4. The highest BCUT2D eigenvalue weighted by atomic mass is 16.3. The van der Waals surface area contributed by atoms with Crippen LogP contribution in [-0.4, -0.2) is 9.55 Å². The molecule has 0 spiro atoms. The van der Waals surface area contributed by atoms with Crippen LogP contribution in [0.15, 0.2) is 120 Å². The molecule has 4 heteroatoms. The van der Waals surface area contributed by atoms with Crippen molar-refractivity contribution in [3.05, 3.63) is 132 Å². The Morgan fingerprint density at radius 1 is 0.652 bits per heavy atom. The van der Waals surface area contributed by atoms with Gasteiger partial charge in [0.2, 0.25) is 0 Å². The van der Waals surface area contributed by atoms with Crippen LogP contribution in [-0.2, 0) is 0 Å². The van der Waals surface area contributed by atoms with Gasteiger partial charge in [0.05, 0.1) is 33.9 Å². The highest BCUT2D eigenvalue weighted by Crippen LogP contribution is 2.43. The number of nitrogens with zero attached hydrogens (tertiary/aromatic N) is 3. The molecule has 8 aromatic rings. The van der Waals surface area contributed by atoms with E-state index < -0.39 is 0 Å². The van der Waals surface area contributed by atoms with Crippen LogP contribution in [0.4, 0.5) is 0 Å². The first kappa shape index (κ1) is 27.9. The molecule has 0 amide bonds. The van der Waals surface area contributed by atoms with Gasteiger partial charge in [-0.1, -0.05) is 94.4 Å². The second-order valence-corrected chi connectivity index (χ2v) is 12.7. The van der Waals surface area contributed by atoms with Gasteiger partial charge >= 0.3 is 0 Å². The minimum atomic E-state index is 0.271. The van der Waals surface area contributed by atoms with E-state index in [-0.39, 0.29) is 11.8 Å². The van der Waals surface area contributed by atoms with Gasteiger partial charge in [0.15, 0.2) is 0 Å². The first-order valence-corrected chi connectivity index (χ1v) is 15.9. The standard InChI is InChI=1S/C42H33N3O/c1-25(2)34-22-30(28-11-6-5-7-12-28)23-35(26(3)4)39(34)45-38-16-9-8-15-37(38)44-42(45)33-14-10-13-31-32-20-19-29-18-17-27(24-43)21-36(29)41(32)46-40(31)33/h5-23,25-26H,1-4H3. The van der Waals surface area contributed by atoms with E-state index in [9.17, 15) is 5.26 Å². The summed E-state index contributed by atoms with van der Waals surface area (Å²) in [5, 5.41) is 13.7. The van der Waals surface area contributed by atoms with Crippen LogP contribution in [0.1, 0.15) is 56.2 Å². The van der Waals surface area contributed by atoms with Crippen molar-refractivity contribution in [3.63, 3.8) is 0 Å². The zero-order valence-corrected chi connectivity index (χ0v) is 26.4. The van der Waals surface area contributed by atoms with E-state index in [0.717, 1.165) is 55.1 Å². The normalized spacial score (nSPS) is 11.8. The lowest BCUT2D eigenvalue weighted by Gasteiger charge is -2.24. The molecule has 46 heavy (non-hydrogen) atoms. The van der Waals surface area contributed by atoms with Gasteiger partial charge in [-0.25, -0.2) is 4.98 Å². The van der Waals surface area contributed by atoms with Crippen molar-refractivity contribution in [1.82, 2.24) is 9.55 Å². The van der Waals surface area contributed by atoms with Gasteiger partial charge in [-0.3, -0.25) is 4.57 Å². The molecule has 0 N–H and O–H groups in total. The molecular weight excluding hydrogens is 562 g/mol. The van der Waals surface area contributed by atoms with Gasteiger partial charge < -0.3 is 4.42 Å². The van der Waals surface area contributed by atoms with Crippen LogP contribution in [0, 0.1) is 11.3 Å². The summed E-state index contributed by atoms with van der Waals surface area (Å²) >= 11 is 0. The number of hydrogen-bond donors (Lipinski definition) is 0. The van der Waals surface area contributed by atoms with E-state index in [4.69, 9.17) is 9.40 Å². The van der Waals surface area contributed by atoms with Crippen LogP contribution in [0.5, 0.6) is 0 Å². The van der Waals surface area contributed by atoms with Crippen molar-refractivity contribution >= 4 is 43.7 Å². The van der Waals surface area contributed by atoms with Crippen molar-refractivity contribution in [2.75, 3.05) is 0 Å². The predicted molar refractivity (Wildman–Crippen MR) is 190 cm³/mol. The number of para-hydroxylation sites is 3. The Labute approximate surface area is 268 Å². The largest absolute Gasteiger partial charge is 0.455 e. The number of imidazole rings is 1. The van der Waals surface area contributed by atoms with Gasteiger partial charge in [-0.2, -0.15) is 5.26 Å². The molecule has 0 aliphatic rings. The highest BCUT2D eigenvalue weighted by molar-refractivity contribution is 6.17. The molecule has 2 aromatic heterocycles. The summed E-state index contributed by atoms with van der Waals surface area (Å²) in [6, 6.07) is 42.4. The van der Waals surface area contributed by atoms with E-state index in [1.165, 1.54) is 27.9 Å². The quantitative estimate of drug-likeness (QED) is 0.199. The Morgan fingerprint density at radius 2 is 1.35 bits per heavy atom. The van der Waals surface area contributed by atoms with Crippen LogP contribution in [0.25, 0.3) is 71.9 Å². The molecule has 2 heterocycles. The lowest BCUT2D eigenvalue weighted by molar-refractivity contribution is 0.673. The first-order valence-electron chi connectivity index (χ1n) is 15.9. The molecule has 4 nitrogen and oxygen atoms in total. The summed E-state index contributed by atoms with van der Waals surface area (Å²) in [6.45, 7) is 9.10. The Hall–Kier alpha value is -5.66. The number of nitriles is 1. The molecular formula is C42H33N3O. The molecule has 0 atom stereocenters. The third-order valence-corrected chi connectivity index (χ3v) is 9.16. The zero-order chi connectivity index (χ0) is 31.5. The van der Waals surface area contributed by atoms with E-state index in [1.807, 2.05) is 18.2 Å². The van der Waals surface area contributed by atoms with Gasteiger partial charge in [0, 0.05) is 16.2 Å². The maximum absolute atomic E-state index is 9.62.